The molecule has 6 rings (SSSR count). The van der Waals surface area contributed by atoms with Gasteiger partial charge in [0.15, 0.2) is 0 Å². The molecule has 0 bridgehead atoms. The Labute approximate surface area is 252 Å². The Morgan fingerprint density at radius 1 is 0.698 bits per heavy atom. The maximum atomic E-state index is 13.7. The van der Waals surface area contributed by atoms with Crippen LogP contribution in [0.3, 0.4) is 0 Å². The Hall–Kier alpha value is -4.62. The number of amides is 1. The molecule has 1 aliphatic heterocycles. The van der Waals surface area contributed by atoms with E-state index in [0.717, 1.165) is 29.7 Å². The highest BCUT2D eigenvalue weighted by atomic mass is 16.6. The van der Waals surface area contributed by atoms with Crippen LogP contribution in [0.25, 0.3) is 11.0 Å². The first-order valence-corrected chi connectivity index (χ1v) is 15.1. The van der Waals surface area contributed by atoms with Gasteiger partial charge in [-0.2, -0.15) is 0 Å². The van der Waals surface area contributed by atoms with Gasteiger partial charge in [-0.3, -0.25) is 14.0 Å². The highest BCUT2D eigenvalue weighted by Gasteiger charge is 2.28. The van der Waals surface area contributed by atoms with Gasteiger partial charge in [0, 0.05) is 38.8 Å². The molecular weight excluding hydrogens is 536 g/mol. The first-order chi connectivity index (χ1) is 21.2. The molecule has 0 spiro atoms. The standard InChI is InChI=1S/C36H38N4O3/c41-35-39(28-31-16-8-3-9-17-31)33-18-10-11-19-34(33)40(35)32-20-22-38(23-21-32)36(42)43-25-24-37(26-29-12-4-1-5-13-29)27-30-14-6-2-7-15-30/h1-19,32H,20-28H2. The van der Waals surface area contributed by atoms with E-state index in [9.17, 15) is 9.59 Å². The Morgan fingerprint density at radius 3 is 1.79 bits per heavy atom. The number of likely N-dealkylation sites (tertiary alicyclic amines) is 1. The summed E-state index contributed by atoms with van der Waals surface area (Å²) in [6, 6.07) is 38.9. The molecule has 7 nitrogen and oxygen atoms in total. The smallest absolute Gasteiger partial charge is 0.409 e. The van der Waals surface area contributed by atoms with Gasteiger partial charge in [0.05, 0.1) is 17.6 Å². The molecule has 0 unspecified atom stereocenters. The molecule has 0 atom stereocenters. The van der Waals surface area contributed by atoms with Gasteiger partial charge in [-0.25, -0.2) is 9.59 Å². The number of hydrogen-bond donors (Lipinski definition) is 0. The molecule has 5 aromatic rings. The van der Waals surface area contributed by atoms with Gasteiger partial charge >= 0.3 is 11.8 Å². The number of para-hydroxylation sites is 2. The molecule has 220 valence electrons. The predicted molar refractivity (Wildman–Crippen MR) is 170 cm³/mol. The van der Waals surface area contributed by atoms with Gasteiger partial charge in [0.1, 0.15) is 6.61 Å². The second-order valence-electron chi connectivity index (χ2n) is 11.2. The molecule has 0 N–H and O–H groups in total. The van der Waals surface area contributed by atoms with Crippen molar-refractivity contribution in [3.63, 3.8) is 0 Å². The SMILES string of the molecule is O=C(OCCN(Cc1ccccc1)Cc1ccccc1)N1CCC(n2c(=O)n(Cc3ccccc3)c3ccccc32)CC1. The molecule has 0 aliphatic carbocycles. The quantitative estimate of drug-likeness (QED) is 0.196. The van der Waals surface area contributed by atoms with Crippen molar-refractivity contribution in [2.45, 2.75) is 38.5 Å². The monoisotopic (exact) mass is 574 g/mol. The number of nitrogens with zero attached hydrogens (tertiary/aromatic N) is 4. The van der Waals surface area contributed by atoms with Crippen LogP contribution in [0.15, 0.2) is 120 Å². The van der Waals surface area contributed by atoms with Crippen molar-refractivity contribution in [1.29, 1.82) is 0 Å². The number of hydrogen-bond acceptors (Lipinski definition) is 4. The van der Waals surface area contributed by atoms with Crippen LogP contribution >= 0.6 is 0 Å². The lowest BCUT2D eigenvalue weighted by Crippen LogP contribution is -2.42. The molecule has 1 saturated heterocycles. The van der Waals surface area contributed by atoms with E-state index in [1.807, 2.05) is 75.9 Å². The first-order valence-electron chi connectivity index (χ1n) is 15.1. The van der Waals surface area contributed by atoms with E-state index in [1.165, 1.54) is 11.1 Å². The zero-order valence-electron chi connectivity index (χ0n) is 24.4. The van der Waals surface area contributed by atoms with E-state index in [-0.39, 0.29) is 17.8 Å². The summed E-state index contributed by atoms with van der Waals surface area (Å²) in [5.74, 6) is 0. The van der Waals surface area contributed by atoms with Crippen molar-refractivity contribution >= 4 is 17.1 Å². The molecule has 1 aliphatic rings. The number of carbonyl (C=O) groups is 1. The molecule has 0 saturated carbocycles. The third kappa shape index (κ3) is 6.89. The third-order valence-electron chi connectivity index (χ3n) is 8.27. The van der Waals surface area contributed by atoms with Crippen LogP contribution in [-0.2, 0) is 24.4 Å². The molecule has 1 aromatic heterocycles. The number of benzene rings is 4. The fraction of sp³-hybridized carbons (Fsp3) is 0.278. The van der Waals surface area contributed by atoms with Crippen LogP contribution in [-0.4, -0.2) is 51.3 Å². The lowest BCUT2D eigenvalue weighted by molar-refractivity contribution is 0.0769. The van der Waals surface area contributed by atoms with E-state index in [2.05, 4.69) is 53.4 Å². The van der Waals surface area contributed by atoms with Crippen molar-refractivity contribution in [1.82, 2.24) is 18.9 Å². The second kappa shape index (κ2) is 13.6. The Morgan fingerprint density at radius 2 is 1.21 bits per heavy atom. The van der Waals surface area contributed by atoms with Crippen molar-refractivity contribution in [2.24, 2.45) is 0 Å². The van der Waals surface area contributed by atoms with Crippen LogP contribution in [0.1, 0.15) is 35.6 Å². The van der Waals surface area contributed by atoms with Crippen molar-refractivity contribution in [3.8, 4) is 0 Å². The van der Waals surface area contributed by atoms with Crippen LogP contribution in [0.2, 0.25) is 0 Å². The fourth-order valence-electron chi connectivity index (χ4n) is 6.06. The average Bonchev–Trinajstić information content (AvgIpc) is 3.33. The molecular formula is C36H38N4O3. The molecule has 1 fully saturated rings. The normalized spacial score (nSPS) is 13.9. The molecule has 43 heavy (non-hydrogen) atoms. The number of imidazole rings is 1. The zero-order valence-corrected chi connectivity index (χ0v) is 24.4. The Kier molecular flexibility index (Phi) is 8.99. The van der Waals surface area contributed by atoms with Gasteiger partial charge in [-0.15, -0.1) is 0 Å². The summed E-state index contributed by atoms with van der Waals surface area (Å²) < 4.78 is 9.57. The molecule has 4 aromatic carbocycles. The minimum Gasteiger partial charge on any atom is -0.448 e. The number of ether oxygens (including phenoxy) is 1. The van der Waals surface area contributed by atoms with E-state index < -0.39 is 0 Å². The zero-order chi connectivity index (χ0) is 29.4. The molecule has 7 heteroatoms. The topological polar surface area (TPSA) is 59.7 Å². The summed E-state index contributed by atoms with van der Waals surface area (Å²) >= 11 is 0. The predicted octanol–water partition coefficient (Wildman–Crippen LogP) is 6.33. The van der Waals surface area contributed by atoms with E-state index in [1.54, 1.807) is 4.90 Å². The first kappa shape index (κ1) is 28.5. The van der Waals surface area contributed by atoms with Gasteiger partial charge in [0.2, 0.25) is 0 Å². The lowest BCUT2D eigenvalue weighted by Gasteiger charge is -2.32. The Balaban J connectivity index is 1.06. The molecule has 0 radical (unpaired) electrons. The van der Waals surface area contributed by atoms with Gasteiger partial charge in [0.25, 0.3) is 0 Å². The Bertz CT molecular complexity index is 1630. The summed E-state index contributed by atoms with van der Waals surface area (Å²) in [4.78, 5) is 30.8. The lowest BCUT2D eigenvalue weighted by atomic mass is 10.0. The maximum absolute atomic E-state index is 13.7. The number of carbonyl (C=O) groups excluding carboxylic acids is 1. The summed E-state index contributed by atoms with van der Waals surface area (Å²) in [7, 11) is 0. The number of rotatable bonds is 10. The summed E-state index contributed by atoms with van der Waals surface area (Å²) in [6.07, 6.45) is 1.14. The third-order valence-corrected chi connectivity index (χ3v) is 8.27. The van der Waals surface area contributed by atoms with Crippen molar-refractivity contribution in [2.75, 3.05) is 26.2 Å². The van der Waals surface area contributed by atoms with E-state index in [4.69, 9.17) is 4.74 Å². The number of aromatic nitrogens is 2. The summed E-state index contributed by atoms with van der Waals surface area (Å²) in [5.41, 5.74) is 5.44. The average molecular weight is 575 g/mol. The summed E-state index contributed by atoms with van der Waals surface area (Å²) in [6.45, 7) is 4.19. The number of fused-ring (bicyclic) bond motifs is 1. The van der Waals surface area contributed by atoms with Gasteiger partial charge in [-0.1, -0.05) is 103 Å². The van der Waals surface area contributed by atoms with Gasteiger partial charge in [-0.05, 0) is 41.7 Å². The van der Waals surface area contributed by atoms with Crippen molar-refractivity contribution < 1.29 is 9.53 Å². The minimum absolute atomic E-state index is 0.00278. The maximum Gasteiger partial charge on any atom is 0.409 e. The van der Waals surface area contributed by atoms with Crippen LogP contribution in [0.5, 0.6) is 0 Å². The number of piperidine rings is 1. The van der Waals surface area contributed by atoms with Gasteiger partial charge < -0.3 is 9.64 Å². The van der Waals surface area contributed by atoms with E-state index >= 15 is 0 Å². The largest absolute Gasteiger partial charge is 0.448 e. The second-order valence-corrected chi connectivity index (χ2v) is 11.2. The highest BCUT2D eigenvalue weighted by Crippen LogP contribution is 2.26. The highest BCUT2D eigenvalue weighted by molar-refractivity contribution is 5.76. The van der Waals surface area contributed by atoms with Crippen LogP contribution < -0.4 is 5.69 Å². The van der Waals surface area contributed by atoms with E-state index in [0.29, 0.717) is 45.6 Å². The van der Waals surface area contributed by atoms with Crippen LogP contribution in [0, 0.1) is 0 Å². The molecule has 1 amide bonds. The van der Waals surface area contributed by atoms with Crippen LogP contribution in [0.4, 0.5) is 4.79 Å². The fourth-order valence-corrected chi connectivity index (χ4v) is 6.06. The van der Waals surface area contributed by atoms with Crippen molar-refractivity contribution in [3.05, 3.63) is 142 Å². The summed E-state index contributed by atoms with van der Waals surface area (Å²) in [5, 5.41) is 0. The minimum atomic E-state index is -0.281. The molecule has 2 heterocycles.